The molecule has 12 heteroatoms. The molecule has 2 atom stereocenters. The summed E-state index contributed by atoms with van der Waals surface area (Å²) in [6.45, 7) is 3.95. The number of urea groups is 1. The maximum Gasteiger partial charge on any atom is 0.354 e. The summed E-state index contributed by atoms with van der Waals surface area (Å²) in [7, 11) is 0. The highest BCUT2D eigenvalue weighted by Crippen LogP contribution is 2.13. The van der Waals surface area contributed by atoms with Crippen LogP contribution in [-0.2, 0) is 11.2 Å². The molecule has 206 valence electrons. The van der Waals surface area contributed by atoms with Crippen LogP contribution in [0.1, 0.15) is 24.8 Å². The maximum atomic E-state index is 12.7. The topological polar surface area (TPSA) is 163 Å². The Hall–Kier alpha value is -3.32. The van der Waals surface area contributed by atoms with Crippen molar-refractivity contribution in [3.05, 3.63) is 52.6 Å². The lowest BCUT2D eigenvalue weighted by atomic mass is 10.1. The fourth-order valence-corrected chi connectivity index (χ4v) is 4.82. The van der Waals surface area contributed by atoms with Gasteiger partial charge < -0.3 is 31.3 Å². The van der Waals surface area contributed by atoms with Crippen LogP contribution < -0.4 is 22.5 Å². The zero-order chi connectivity index (χ0) is 27.1. The molecule has 2 saturated heterocycles. The van der Waals surface area contributed by atoms with E-state index in [1.807, 2.05) is 24.3 Å². The minimum Gasteiger partial charge on any atom is -0.394 e. The Bertz CT molecular complexity index is 1150. The van der Waals surface area contributed by atoms with Crippen molar-refractivity contribution < 1.29 is 14.7 Å². The van der Waals surface area contributed by atoms with Gasteiger partial charge in [0.2, 0.25) is 5.91 Å². The first-order chi connectivity index (χ1) is 18.3. The number of nitrogens with two attached hydrogens (primary N) is 2. The molecule has 1 aromatic carbocycles. The minimum absolute atomic E-state index is 0.158. The summed E-state index contributed by atoms with van der Waals surface area (Å²) in [6.07, 6.45) is 5.81. The first-order valence-electron chi connectivity index (χ1n) is 13.2. The highest BCUT2D eigenvalue weighted by molar-refractivity contribution is 5.88. The van der Waals surface area contributed by atoms with Gasteiger partial charge in [0.1, 0.15) is 11.9 Å². The van der Waals surface area contributed by atoms with E-state index in [2.05, 4.69) is 15.2 Å². The fraction of sp³-hybridized carbons (Fsp3) is 0.538. The quantitative estimate of drug-likeness (QED) is 0.378. The zero-order valence-electron chi connectivity index (χ0n) is 21.7. The van der Waals surface area contributed by atoms with Crippen molar-refractivity contribution in [2.75, 3.05) is 57.7 Å². The van der Waals surface area contributed by atoms with E-state index in [-0.39, 0.29) is 11.7 Å². The van der Waals surface area contributed by atoms with E-state index in [1.54, 1.807) is 17.2 Å². The molecule has 2 aliphatic heterocycles. The summed E-state index contributed by atoms with van der Waals surface area (Å²) in [6, 6.07) is 8.40. The highest BCUT2D eigenvalue weighted by atomic mass is 16.3. The van der Waals surface area contributed by atoms with Gasteiger partial charge in [-0.1, -0.05) is 12.1 Å². The van der Waals surface area contributed by atoms with Gasteiger partial charge in [-0.3, -0.25) is 14.7 Å². The van der Waals surface area contributed by atoms with E-state index in [0.29, 0.717) is 37.9 Å². The summed E-state index contributed by atoms with van der Waals surface area (Å²) in [5, 5.41) is 11.7. The average Bonchev–Trinajstić information content (AvgIpc) is 3.15. The van der Waals surface area contributed by atoms with E-state index >= 15 is 0 Å². The second-order valence-corrected chi connectivity index (χ2v) is 9.95. The Morgan fingerprint density at radius 1 is 1.03 bits per heavy atom. The van der Waals surface area contributed by atoms with Crippen LogP contribution in [-0.4, -0.2) is 106 Å². The van der Waals surface area contributed by atoms with Gasteiger partial charge >= 0.3 is 11.7 Å². The molecule has 3 amide bonds. The summed E-state index contributed by atoms with van der Waals surface area (Å²) in [4.78, 5) is 47.0. The van der Waals surface area contributed by atoms with Gasteiger partial charge in [-0.2, -0.15) is 4.98 Å². The Kier molecular flexibility index (Phi) is 9.45. The number of hydrogen-bond acceptors (Lipinski definition) is 8. The first kappa shape index (κ1) is 27.7. The Morgan fingerprint density at radius 3 is 2.42 bits per heavy atom. The molecule has 3 heterocycles. The number of carbonyl (C=O) groups is 2. The number of aromatic nitrogens is 2. The molecular formula is C26H38N8O4. The van der Waals surface area contributed by atoms with E-state index in [1.165, 1.54) is 15.0 Å². The molecule has 0 aliphatic carbocycles. The minimum atomic E-state index is -0.952. The number of aliphatic hydroxyl groups excluding tert-OH is 1. The third-order valence-electron chi connectivity index (χ3n) is 7.23. The Labute approximate surface area is 222 Å². The van der Waals surface area contributed by atoms with E-state index in [9.17, 15) is 14.4 Å². The predicted molar refractivity (Wildman–Crippen MR) is 144 cm³/mol. The molecule has 0 saturated carbocycles. The second-order valence-electron chi connectivity index (χ2n) is 9.95. The number of amides is 3. The molecule has 0 spiro atoms. The molecule has 1 aromatic heterocycles. The predicted octanol–water partition coefficient (Wildman–Crippen LogP) is -0.416. The smallest absolute Gasteiger partial charge is 0.354 e. The molecule has 0 radical (unpaired) electrons. The van der Waals surface area contributed by atoms with Crippen molar-refractivity contribution in [1.29, 1.82) is 0 Å². The zero-order valence-corrected chi connectivity index (χ0v) is 21.7. The number of nitrogens with one attached hydrogen (secondary N) is 1. The fourth-order valence-electron chi connectivity index (χ4n) is 4.82. The van der Waals surface area contributed by atoms with Crippen LogP contribution in [0.5, 0.6) is 0 Å². The second kappa shape index (κ2) is 13.0. The van der Waals surface area contributed by atoms with Crippen LogP contribution in [0.25, 0.3) is 5.69 Å². The Balaban J connectivity index is 1.29. The number of anilines is 1. The van der Waals surface area contributed by atoms with Crippen molar-refractivity contribution >= 4 is 17.8 Å². The normalized spacial score (nSPS) is 19.6. The van der Waals surface area contributed by atoms with E-state index < -0.39 is 24.4 Å². The number of nitrogens with zero attached hydrogens (tertiary/aromatic N) is 5. The number of benzene rings is 1. The summed E-state index contributed by atoms with van der Waals surface area (Å²) < 4.78 is 1.43. The molecule has 0 bridgehead atoms. The van der Waals surface area contributed by atoms with E-state index in [0.717, 1.165) is 45.3 Å². The van der Waals surface area contributed by atoms with Gasteiger partial charge in [0.25, 0.3) is 0 Å². The SMILES string of the molecule is NC1CCCN(CCc2ccc(-n3ccc(NC(=O)N4CCN(C(=O)C(N)CO)CC4)nc3=O)cc2)CC1. The van der Waals surface area contributed by atoms with Gasteiger partial charge in [-0.05, 0) is 62.5 Å². The molecule has 38 heavy (non-hydrogen) atoms. The summed E-state index contributed by atoms with van der Waals surface area (Å²) in [5.74, 6) is -0.181. The summed E-state index contributed by atoms with van der Waals surface area (Å²) >= 11 is 0. The van der Waals surface area contributed by atoms with Crippen LogP contribution >= 0.6 is 0 Å². The first-order valence-corrected chi connectivity index (χ1v) is 13.2. The highest BCUT2D eigenvalue weighted by Gasteiger charge is 2.27. The lowest BCUT2D eigenvalue weighted by Gasteiger charge is -2.35. The van der Waals surface area contributed by atoms with Crippen LogP contribution in [0.15, 0.2) is 41.3 Å². The van der Waals surface area contributed by atoms with Crippen LogP contribution in [0.2, 0.25) is 0 Å². The molecule has 2 aromatic rings. The van der Waals surface area contributed by atoms with Crippen molar-refractivity contribution in [1.82, 2.24) is 24.3 Å². The van der Waals surface area contributed by atoms with E-state index in [4.69, 9.17) is 16.6 Å². The maximum absolute atomic E-state index is 12.7. The van der Waals surface area contributed by atoms with Gasteiger partial charge in [0, 0.05) is 45.0 Å². The van der Waals surface area contributed by atoms with Crippen LogP contribution in [0, 0.1) is 0 Å². The number of carbonyl (C=O) groups excluding carboxylic acids is 2. The molecule has 4 rings (SSSR count). The van der Waals surface area contributed by atoms with Crippen LogP contribution in [0.4, 0.5) is 10.6 Å². The largest absolute Gasteiger partial charge is 0.394 e. The number of aliphatic hydroxyl groups is 1. The van der Waals surface area contributed by atoms with Crippen molar-refractivity contribution in [2.45, 2.75) is 37.8 Å². The van der Waals surface area contributed by atoms with Crippen LogP contribution in [0.3, 0.4) is 0 Å². The van der Waals surface area contributed by atoms with Gasteiger partial charge in [-0.25, -0.2) is 9.59 Å². The molecule has 12 nitrogen and oxygen atoms in total. The van der Waals surface area contributed by atoms with Crippen molar-refractivity contribution in [3.8, 4) is 5.69 Å². The number of piperazine rings is 1. The van der Waals surface area contributed by atoms with Gasteiger partial charge in [0.15, 0.2) is 0 Å². The third kappa shape index (κ3) is 7.16. The standard InChI is InChI=1S/C26H38N8O4/c27-20-2-1-10-31(12-8-20)11-7-19-3-5-21(6-4-19)34-13-9-23(30-26(34)38)29-25(37)33-16-14-32(15-17-33)24(36)22(28)18-35/h3-6,9,13,20,22,35H,1-2,7-8,10-12,14-18,27-28H2,(H,29,30,37,38). The monoisotopic (exact) mass is 526 g/mol. The molecule has 2 fully saturated rings. The molecule has 6 N–H and O–H groups in total. The number of likely N-dealkylation sites (tertiary alicyclic amines) is 1. The number of hydrogen-bond donors (Lipinski definition) is 4. The van der Waals surface area contributed by atoms with Crippen molar-refractivity contribution in [3.63, 3.8) is 0 Å². The molecule has 2 aliphatic rings. The third-order valence-corrected chi connectivity index (χ3v) is 7.23. The van der Waals surface area contributed by atoms with Gasteiger partial charge in [0.05, 0.1) is 12.3 Å². The lowest BCUT2D eigenvalue weighted by Crippen LogP contribution is -2.55. The van der Waals surface area contributed by atoms with Gasteiger partial charge in [-0.15, -0.1) is 0 Å². The number of rotatable bonds is 7. The average molecular weight is 527 g/mol. The summed E-state index contributed by atoms with van der Waals surface area (Å²) in [5.41, 5.74) is 13.1. The molecule has 2 unspecified atom stereocenters. The lowest BCUT2D eigenvalue weighted by molar-refractivity contribution is -0.134. The van der Waals surface area contributed by atoms with Crippen molar-refractivity contribution in [2.24, 2.45) is 11.5 Å². The molecular weight excluding hydrogens is 488 g/mol. The Morgan fingerprint density at radius 2 is 1.74 bits per heavy atom.